The Kier molecular flexibility index (Phi) is 1.70. The summed E-state index contributed by atoms with van der Waals surface area (Å²) in [5.41, 5.74) is 6.13. The summed E-state index contributed by atoms with van der Waals surface area (Å²) in [6.07, 6.45) is 1.36. The summed E-state index contributed by atoms with van der Waals surface area (Å²) in [6, 6.07) is 4.01. The van der Waals surface area contributed by atoms with Gasteiger partial charge in [0.25, 0.3) is 0 Å². The molecule has 2 N–H and O–H groups in total. The van der Waals surface area contributed by atoms with E-state index in [-0.39, 0.29) is 11.7 Å². The van der Waals surface area contributed by atoms with Gasteiger partial charge in [0, 0.05) is 18.3 Å². The van der Waals surface area contributed by atoms with Gasteiger partial charge in [0.1, 0.15) is 11.5 Å². The molecule has 5 heteroatoms. The molecule has 0 bridgehead atoms. The van der Waals surface area contributed by atoms with Crippen LogP contribution in [0.5, 0.6) is 0 Å². The zero-order chi connectivity index (χ0) is 9.26. The first kappa shape index (κ1) is 7.72. The summed E-state index contributed by atoms with van der Waals surface area (Å²) < 4.78 is 17.4. The maximum Gasteiger partial charge on any atom is 0.222 e. The largest absolute Gasteiger partial charge is 0.368 e. The number of pyridine rings is 1. The van der Waals surface area contributed by atoms with Crippen LogP contribution in [0.1, 0.15) is 0 Å². The van der Waals surface area contributed by atoms with Crippen LogP contribution in [0.3, 0.4) is 0 Å². The van der Waals surface area contributed by atoms with Gasteiger partial charge in [0.15, 0.2) is 0 Å². The first-order chi connectivity index (χ1) is 6.25. The molecule has 0 radical (unpaired) electrons. The number of aromatic nitrogens is 2. The molecule has 0 saturated heterocycles. The van der Waals surface area contributed by atoms with Crippen LogP contribution >= 0.6 is 0 Å². The molecule has 0 fully saturated rings. The number of halogens is 1. The second-order valence-electron chi connectivity index (χ2n) is 2.47. The van der Waals surface area contributed by atoms with Crippen LogP contribution in [0.25, 0.3) is 11.4 Å². The average molecular weight is 179 g/mol. The molecule has 0 aliphatic heterocycles. The number of anilines is 1. The van der Waals surface area contributed by atoms with Crippen LogP contribution in [0.15, 0.2) is 28.9 Å². The number of nitrogen functional groups attached to an aromatic ring is 1. The molecular weight excluding hydrogens is 173 g/mol. The van der Waals surface area contributed by atoms with Gasteiger partial charge in [-0.3, -0.25) is 4.98 Å². The van der Waals surface area contributed by atoms with Gasteiger partial charge < -0.3 is 10.3 Å². The molecule has 0 aliphatic rings. The molecule has 66 valence electrons. The van der Waals surface area contributed by atoms with E-state index in [1.807, 2.05) is 0 Å². The van der Waals surface area contributed by atoms with Crippen LogP contribution in [-0.2, 0) is 0 Å². The molecule has 0 spiro atoms. The molecule has 2 aromatic rings. The maximum atomic E-state index is 12.7. The third-order valence-corrected chi connectivity index (χ3v) is 1.51. The first-order valence-corrected chi connectivity index (χ1v) is 3.60. The van der Waals surface area contributed by atoms with Crippen LogP contribution in [0.2, 0.25) is 0 Å². The van der Waals surface area contributed by atoms with Crippen molar-refractivity contribution in [2.45, 2.75) is 0 Å². The van der Waals surface area contributed by atoms with Gasteiger partial charge in [-0.05, 0) is 6.07 Å². The topological polar surface area (TPSA) is 64.9 Å². The highest BCUT2D eigenvalue weighted by molar-refractivity contribution is 5.56. The summed E-state index contributed by atoms with van der Waals surface area (Å²) in [5, 5.41) is 3.60. The van der Waals surface area contributed by atoms with Crippen LogP contribution in [0, 0.1) is 5.82 Å². The predicted molar refractivity (Wildman–Crippen MR) is 44.1 cm³/mol. The van der Waals surface area contributed by atoms with Gasteiger partial charge in [0.05, 0.1) is 5.69 Å². The van der Waals surface area contributed by atoms with E-state index in [0.717, 1.165) is 0 Å². The van der Waals surface area contributed by atoms with Crippen molar-refractivity contribution in [1.29, 1.82) is 0 Å². The van der Waals surface area contributed by atoms with Gasteiger partial charge in [-0.25, -0.2) is 4.39 Å². The molecule has 0 saturated carbocycles. The van der Waals surface area contributed by atoms with E-state index >= 15 is 0 Å². The van der Waals surface area contributed by atoms with E-state index in [2.05, 4.69) is 14.7 Å². The highest BCUT2D eigenvalue weighted by Crippen LogP contribution is 2.17. The quantitative estimate of drug-likeness (QED) is 0.719. The van der Waals surface area contributed by atoms with Crippen molar-refractivity contribution in [3.63, 3.8) is 0 Å². The SMILES string of the molecule is Nc1cc(-c2cc(F)ccn2)no1. The lowest BCUT2D eigenvalue weighted by molar-refractivity contribution is 0.439. The van der Waals surface area contributed by atoms with Crippen molar-refractivity contribution in [3.8, 4) is 11.4 Å². The Hall–Kier alpha value is -1.91. The fourth-order valence-corrected chi connectivity index (χ4v) is 0.955. The standard InChI is InChI=1S/C8H6FN3O/c9-5-1-2-11-6(3-5)7-4-8(10)13-12-7/h1-4H,10H2. The van der Waals surface area contributed by atoms with Crippen molar-refractivity contribution in [2.75, 3.05) is 5.73 Å². The lowest BCUT2D eigenvalue weighted by Gasteiger charge is -1.92. The molecule has 13 heavy (non-hydrogen) atoms. The van der Waals surface area contributed by atoms with Crippen LogP contribution in [-0.4, -0.2) is 10.1 Å². The molecule has 4 nitrogen and oxygen atoms in total. The Morgan fingerprint density at radius 1 is 1.31 bits per heavy atom. The van der Waals surface area contributed by atoms with E-state index in [1.165, 1.54) is 24.4 Å². The molecule has 2 rings (SSSR count). The van der Waals surface area contributed by atoms with E-state index in [0.29, 0.717) is 11.4 Å². The van der Waals surface area contributed by atoms with Gasteiger partial charge in [-0.15, -0.1) is 0 Å². The average Bonchev–Trinajstić information content (AvgIpc) is 2.52. The van der Waals surface area contributed by atoms with Crippen LogP contribution in [0.4, 0.5) is 10.3 Å². The fourth-order valence-electron chi connectivity index (χ4n) is 0.955. The maximum absolute atomic E-state index is 12.7. The highest BCUT2D eigenvalue weighted by Gasteiger charge is 2.05. The highest BCUT2D eigenvalue weighted by atomic mass is 19.1. The molecule has 0 atom stereocenters. The third kappa shape index (κ3) is 1.48. The Bertz CT molecular complexity index is 427. The summed E-state index contributed by atoms with van der Waals surface area (Å²) >= 11 is 0. The molecule has 0 amide bonds. The Morgan fingerprint density at radius 2 is 2.15 bits per heavy atom. The van der Waals surface area contributed by atoms with E-state index in [9.17, 15) is 4.39 Å². The van der Waals surface area contributed by atoms with Gasteiger partial charge in [-0.2, -0.15) is 0 Å². The number of hydrogen-bond donors (Lipinski definition) is 1. The molecule has 0 unspecified atom stereocenters. The normalized spacial score (nSPS) is 10.2. The second-order valence-corrected chi connectivity index (χ2v) is 2.47. The summed E-state index contributed by atoms with van der Waals surface area (Å²) in [5.74, 6) is -0.187. The molecule has 0 aromatic carbocycles. The lowest BCUT2D eigenvalue weighted by atomic mass is 10.3. The van der Waals surface area contributed by atoms with Crippen LogP contribution < -0.4 is 5.73 Å². The minimum Gasteiger partial charge on any atom is -0.368 e. The van der Waals surface area contributed by atoms with Crippen molar-refractivity contribution in [2.24, 2.45) is 0 Å². The van der Waals surface area contributed by atoms with Crippen molar-refractivity contribution in [3.05, 3.63) is 30.2 Å². The molecule has 2 heterocycles. The minimum atomic E-state index is -0.369. The fraction of sp³-hybridized carbons (Fsp3) is 0. The van der Waals surface area contributed by atoms with Gasteiger partial charge >= 0.3 is 0 Å². The summed E-state index contributed by atoms with van der Waals surface area (Å²) in [4.78, 5) is 3.91. The van der Waals surface area contributed by atoms with Gasteiger partial charge in [-0.1, -0.05) is 5.16 Å². The van der Waals surface area contributed by atoms with Crippen molar-refractivity contribution < 1.29 is 8.91 Å². The van der Waals surface area contributed by atoms with E-state index < -0.39 is 0 Å². The molecule has 2 aromatic heterocycles. The lowest BCUT2D eigenvalue weighted by Crippen LogP contribution is -1.84. The minimum absolute atomic E-state index is 0.182. The van der Waals surface area contributed by atoms with E-state index in [4.69, 9.17) is 5.73 Å². The smallest absolute Gasteiger partial charge is 0.222 e. The zero-order valence-corrected chi connectivity index (χ0v) is 6.57. The number of hydrogen-bond acceptors (Lipinski definition) is 4. The number of nitrogens with two attached hydrogens (primary N) is 1. The van der Waals surface area contributed by atoms with Crippen molar-refractivity contribution >= 4 is 5.88 Å². The van der Waals surface area contributed by atoms with Crippen molar-refractivity contribution in [1.82, 2.24) is 10.1 Å². The van der Waals surface area contributed by atoms with E-state index in [1.54, 1.807) is 0 Å². The van der Waals surface area contributed by atoms with Gasteiger partial charge in [0.2, 0.25) is 5.88 Å². The third-order valence-electron chi connectivity index (χ3n) is 1.51. The predicted octanol–water partition coefficient (Wildman–Crippen LogP) is 1.46. The summed E-state index contributed by atoms with van der Waals surface area (Å²) in [6.45, 7) is 0. The Balaban J connectivity index is 2.46. The molecular formula is C8H6FN3O. The second kappa shape index (κ2) is 2.85. The monoisotopic (exact) mass is 179 g/mol. The zero-order valence-electron chi connectivity index (χ0n) is 6.57. The number of rotatable bonds is 1. The number of nitrogens with zero attached hydrogens (tertiary/aromatic N) is 2. The summed E-state index contributed by atoms with van der Waals surface area (Å²) in [7, 11) is 0. The first-order valence-electron chi connectivity index (χ1n) is 3.60. The Morgan fingerprint density at radius 3 is 2.77 bits per heavy atom. The molecule has 0 aliphatic carbocycles. The Labute approximate surface area is 73.2 Å².